The Labute approximate surface area is 206 Å². The van der Waals surface area contributed by atoms with Crippen LogP contribution >= 0.6 is 11.8 Å². The molecule has 0 aliphatic carbocycles. The van der Waals surface area contributed by atoms with Gasteiger partial charge in [-0.25, -0.2) is 4.99 Å². The number of nitrogens with zero attached hydrogens (tertiary/aromatic N) is 3. The molecule has 180 valence electrons. The van der Waals surface area contributed by atoms with Crippen LogP contribution in [0.2, 0.25) is 0 Å². The van der Waals surface area contributed by atoms with Crippen molar-refractivity contribution in [2.45, 2.75) is 6.42 Å². The van der Waals surface area contributed by atoms with Gasteiger partial charge in [-0.3, -0.25) is 19.8 Å². The molecule has 3 aromatic rings. The van der Waals surface area contributed by atoms with Crippen molar-refractivity contribution in [2.24, 2.45) is 4.99 Å². The Morgan fingerprint density at radius 2 is 1.94 bits per heavy atom. The summed E-state index contributed by atoms with van der Waals surface area (Å²) in [5.41, 5.74) is 1.25. The predicted molar refractivity (Wildman–Crippen MR) is 135 cm³/mol. The Morgan fingerprint density at radius 3 is 2.66 bits per heavy atom. The van der Waals surface area contributed by atoms with Crippen molar-refractivity contribution >= 4 is 40.3 Å². The first-order valence-corrected chi connectivity index (χ1v) is 11.6. The van der Waals surface area contributed by atoms with E-state index in [0.717, 1.165) is 5.69 Å². The van der Waals surface area contributed by atoms with Crippen LogP contribution in [0.4, 0.5) is 11.4 Å². The van der Waals surface area contributed by atoms with Crippen LogP contribution in [0.15, 0.2) is 75.0 Å². The number of furan rings is 1. The number of para-hydroxylation sites is 1. The van der Waals surface area contributed by atoms with E-state index in [-0.39, 0.29) is 11.6 Å². The molecular formula is C25H23N3O6S. The Morgan fingerprint density at radius 1 is 1.14 bits per heavy atom. The molecule has 1 amide bonds. The third-order valence-electron chi connectivity index (χ3n) is 5.16. The minimum Gasteiger partial charge on any atom is -0.496 e. The summed E-state index contributed by atoms with van der Waals surface area (Å²) in [7, 11) is 3.06. The summed E-state index contributed by atoms with van der Waals surface area (Å²) >= 11 is 1.28. The molecule has 0 unspecified atom stereocenters. The first kappa shape index (κ1) is 24.2. The number of aliphatic imine (C=N–C) groups is 1. The Hall–Kier alpha value is -3.89. The number of benzene rings is 2. The molecule has 0 atom stereocenters. The number of non-ortho nitro benzene ring substituents is 1. The van der Waals surface area contributed by atoms with Gasteiger partial charge in [0, 0.05) is 32.4 Å². The maximum Gasteiger partial charge on any atom is 0.273 e. The first-order chi connectivity index (χ1) is 17.0. The number of rotatable bonds is 9. The molecule has 0 saturated carbocycles. The van der Waals surface area contributed by atoms with Crippen LogP contribution in [0.1, 0.15) is 12.2 Å². The van der Waals surface area contributed by atoms with Crippen LogP contribution in [0, 0.1) is 10.1 Å². The fraction of sp³-hybridized carbons (Fsp3) is 0.200. The van der Waals surface area contributed by atoms with Gasteiger partial charge in [-0.05, 0) is 48.5 Å². The first-order valence-electron chi connectivity index (χ1n) is 10.8. The standard InChI is InChI=1S/C25H23N3O6S/c1-32-14-6-13-27-24(29)23(35-25(27)26-17-7-4-3-5-8-17)16-19-10-12-21(34-19)20-11-9-18(28(30)31)15-22(20)33-2/h3-5,7-12,15-16H,6,13-14H2,1-2H3. The number of hydrogen-bond acceptors (Lipinski definition) is 8. The Kier molecular flexibility index (Phi) is 7.64. The average molecular weight is 494 g/mol. The highest BCUT2D eigenvalue weighted by Crippen LogP contribution is 2.37. The van der Waals surface area contributed by atoms with Gasteiger partial charge in [0.2, 0.25) is 0 Å². The van der Waals surface area contributed by atoms with Crippen LogP contribution < -0.4 is 4.74 Å². The lowest BCUT2D eigenvalue weighted by molar-refractivity contribution is -0.384. The van der Waals surface area contributed by atoms with E-state index >= 15 is 0 Å². The second-order valence-corrected chi connectivity index (χ2v) is 8.50. The Bertz CT molecular complexity index is 1290. The molecule has 1 fully saturated rings. The van der Waals surface area contributed by atoms with Crippen molar-refractivity contribution in [3.05, 3.63) is 81.4 Å². The van der Waals surface area contributed by atoms with Gasteiger partial charge < -0.3 is 13.9 Å². The summed E-state index contributed by atoms with van der Waals surface area (Å²) < 4.78 is 16.4. The van der Waals surface area contributed by atoms with Gasteiger partial charge in [0.1, 0.15) is 17.3 Å². The number of nitro benzene ring substituents is 1. The van der Waals surface area contributed by atoms with E-state index < -0.39 is 4.92 Å². The second-order valence-electron chi connectivity index (χ2n) is 7.49. The van der Waals surface area contributed by atoms with Gasteiger partial charge in [0.25, 0.3) is 11.6 Å². The van der Waals surface area contributed by atoms with E-state index in [4.69, 9.17) is 13.9 Å². The van der Waals surface area contributed by atoms with Gasteiger partial charge in [0.05, 0.1) is 34.3 Å². The quantitative estimate of drug-likeness (QED) is 0.168. The van der Waals surface area contributed by atoms with Gasteiger partial charge in [-0.1, -0.05) is 18.2 Å². The maximum absolute atomic E-state index is 13.2. The molecule has 0 radical (unpaired) electrons. The number of carbonyl (C=O) groups excluding carboxylic acids is 1. The molecule has 9 nitrogen and oxygen atoms in total. The van der Waals surface area contributed by atoms with Crippen molar-refractivity contribution in [2.75, 3.05) is 27.4 Å². The summed E-state index contributed by atoms with van der Waals surface area (Å²) in [6, 6.07) is 17.2. The molecule has 0 bridgehead atoms. The molecule has 35 heavy (non-hydrogen) atoms. The molecule has 2 aromatic carbocycles. The molecule has 1 aromatic heterocycles. The summed E-state index contributed by atoms with van der Waals surface area (Å²) in [5.74, 6) is 1.09. The normalized spacial score (nSPS) is 15.8. The lowest BCUT2D eigenvalue weighted by atomic mass is 10.1. The van der Waals surface area contributed by atoms with Gasteiger partial charge >= 0.3 is 0 Å². The van der Waals surface area contributed by atoms with Crippen molar-refractivity contribution in [1.82, 2.24) is 4.90 Å². The summed E-state index contributed by atoms with van der Waals surface area (Å²) in [5, 5.41) is 11.7. The van der Waals surface area contributed by atoms with Crippen LogP contribution in [0.25, 0.3) is 17.4 Å². The number of amidine groups is 1. The van der Waals surface area contributed by atoms with Crippen LogP contribution in [0.3, 0.4) is 0 Å². The molecular weight excluding hydrogens is 470 g/mol. The largest absolute Gasteiger partial charge is 0.496 e. The minimum atomic E-state index is -0.486. The SMILES string of the molecule is COCCCN1C(=O)C(=Cc2ccc(-c3ccc([N+](=O)[O-])cc3OC)o2)SC1=Nc1ccccc1. The van der Waals surface area contributed by atoms with E-state index in [1.165, 1.54) is 31.0 Å². The third-order valence-corrected chi connectivity index (χ3v) is 6.17. The van der Waals surface area contributed by atoms with Crippen molar-refractivity contribution in [1.29, 1.82) is 0 Å². The van der Waals surface area contributed by atoms with Crippen LogP contribution in [-0.4, -0.2) is 48.3 Å². The van der Waals surface area contributed by atoms with Crippen molar-refractivity contribution in [3.63, 3.8) is 0 Å². The van der Waals surface area contributed by atoms with E-state index in [9.17, 15) is 14.9 Å². The molecule has 1 saturated heterocycles. The van der Waals surface area contributed by atoms with E-state index in [0.29, 0.717) is 52.5 Å². The second kappa shape index (κ2) is 11.0. The number of hydrogen-bond donors (Lipinski definition) is 0. The Balaban J connectivity index is 1.62. The summed E-state index contributed by atoms with van der Waals surface area (Å²) in [6.07, 6.45) is 2.35. The van der Waals surface area contributed by atoms with Crippen LogP contribution in [-0.2, 0) is 9.53 Å². The topological polar surface area (TPSA) is 107 Å². The number of amides is 1. The zero-order valence-electron chi connectivity index (χ0n) is 19.2. The highest BCUT2D eigenvalue weighted by Gasteiger charge is 2.33. The zero-order valence-corrected chi connectivity index (χ0v) is 20.0. The van der Waals surface area contributed by atoms with Gasteiger partial charge in [-0.2, -0.15) is 0 Å². The van der Waals surface area contributed by atoms with Crippen molar-refractivity contribution in [3.8, 4) is 17.1 Å². The zero-order chi connectivity index (χ0) is 24.8. The highest BCUT2D eigenvalue weighted by molar-refractivity contribution is 8.18. The summed E-state index contributed by atoms with van der Waals surface area (Å²) in [6.45, 7) is 1.01. The van der Waals surface area contributed by atoms with E-state index in [1.807, 2.05) is 30.3 Å². The molecule has 2 heterocycles. The number of nitro groups is 1. The molecule has 1 aliphatic heterocycles. The van der Waals surface area contributed by atoms with Crippen molar-refractivity contribution < 1.29 is 23.6 Å². The molecule has 10 heteroatoms. The number of carbonyl (C=O) groups is 1. The van der Waals surface area contributed by atoms with E-state index in [1.54, 1.807) is 36.3 Å². The number of methoxy groups -OCH3 is 2. The molecule has 0 N–H and O–H groups in total. The smallest absolute Gasteiger partial charge is 0.273 e. The van der Waals surface area contributed by atoms with E-state index in [2.05, 4.69) is 4.99 Å². The summed E-state index contributed by atoms with van der Waals surface area (Å²) in [4.78, 5) is 30.5. The minimum absolute atomic E-state index is 0.0775. The molecule has 1 aliphatic rings. The van der Waals surface area contributed by atoms with Gasteiger partial charge in [0.15, 0.2) is 5.17 Å². The van der Waals surface area contributed by atoms with Gasteiger partial charge in [-0.15, -0.1) is 0 Å². The van der Waals surface area contributed by atoms with Crippen LogP contribution in [0.5, 0.6) is 5.75 Å². The number of ether oxygens (including phenoxy) is 2. The highest BCUT2D eigenvalue weighted by atomic mass is 32.2. The molecule has 4 rings (SSSR count). The lowest BCUT2D eigenvalue weighted by Gasteiger charge is -2.15. The molecule has 0 spiro atoms. The average Bonchev–Trinajstić information content (AvgIpc) is 3.44. The monoisotopic (exact) mass is 493 g/mol. The lowest BCUT2D eigenvalue weighted by Crippen LogP contribution is -2.30. The third kappa shape index (κ3) is 5.61. The fourth-order valence-corrected chi connectivity index (χ4v) is 4.47. The number of thioether (sulfide) groups is 1. The predicted octanol–water partition coefficient (Wildman–Crippen LogP) is 5.50. The fourth-order valence-electron chi connectivity index (χ4n) is 3.47. The maximum atomic E-state index is 13.2.